The van der Waals surface area contributed by atoms with E-state index in [2.05, 4.69) is 24.1 Å². The summed E-state index contributed by atoms with van der Waals surface area (Å²) < 4.78 is 26.7. The maximum Gasteiger partial charge on any atom is 0.330 e. The molecule has 214 valence electrons. The summed E-state index contributed by atoms with van der Waals surface area (Å²) in [5, 5.41) is 0. The fourth-order valence-electron chi connectivity index (χ4n) is 5.40. The number of aromatic amines is 1. The van der Waals surface area contributed by atoms with Gasteiger partial charge in [0.2, 0.25) is 6.23 Å². The van der Waals surface area contributed by atoms with E-state index in [9.17, 15) is 14.4 Å². The Morgan fingerprint density at radius 2 is 1.61 bits per heavy atom. The molecule has 2 atom stereocenters. The number of nitrogens with zero attached hydrogens (tertiary/aromatic N) is 1. The highest BCUT2D eigenvalue weighted by Gasteiger charge is 2.61. The van der Waals surface area contributed by atoms with Crippen LogP contribution in [0.5, 0.6) is 0 Å². The molecule has 0 saturated carbocycles. The molecule has 3 aromatic rings. The maximum absolute atomic E-state index is 13.1. The smallest absolute Gasteiger partial charge is 0.330 e. The van der Waals surface area contributed by atoms with E-state index < -0.39 is 34.5 Å². The number of benzene rings is 2. The molecule has 1 aromatic heterocycles. The molecular formula is C32H34N2O7. The third-order valence-corrected chi connectivity index (χ3v) is 7.70. The van der Waals surface area contributed by atoms with Gasteiger partial charge in [0.15, 0.2) is 17.1 Å². The second-order valence-corrected chi connectivity index (χ2v) is 10.8. The van der Waals surface area contributed by atoms with E-state index in [1.165, 1.54) is 17.7 Å². The van der Waals surface area contributed by atoms with Crippen molar-refractivity contribution in [2.75, 3.05) is 6.61 Å². The fourth-order valence-corrected chi connectivity index (χ4v) is 5.40. The van der Waals surface area contributed by atoms with Crippen LogP contribution >= 0.6 is 0 Å². The van der Waals surface area contributed by atoms with Gasteiger partial charge in [0, 0.05) is 24.1 Å². The van der Waals surface area contributed by atoms with Crippen LogP contribution in [0, 0.1) is 12.3 Å². The van der Waals surface area contributed by atoms with Crippen LogP contribution in [0.15, 0.2) is 100 Å². The molecule has 1 aliphatic heterocycles. The zero-order valence-electron chi connectivity index (χ0n) is 23.4. The predicted molar refractivity (Wildman–Crippen MR) is 152 cm³/mol. The second kappa shape index (κ2) is 11.7. The number of rotatable bonds is 10. The molecular weight excluding hydrogens is 524 g/mol. The van der Waals surface area contributed by atoms with Crippen LogP contribution in [0.2, 0.25) is 0 Å². The zero-order valence-corrected chi connectivity index (χ0v) is 23.4. The average molecular weight is 559 g/mol. The molecule has 0 fully saturated rings. The second-order valence-electron chi connectivity index (χ2n) is 10.8. The number of carbonyl (C=O) groups is 1. The van der Waals surface area contributed by atoms with Gasteiger partial charge >= 0.3 is 11.7 Å². The Bertz CT molecular complexity index is 1560. The Labute approximate surface area is 238 Å². The predicted octanol–water partition coefficient (Wildman–Crippen LogP) is 4.68. The quantitative estimate of drug-likeness (QED) is 0.284. The van der Waals surface area contributed by atoms with Gasteiger partial charge in [0.25, 0.3) is 5.56 Å². The van der Waals surface area contributed by atoms with E-state index in [0.717, 1.165) is 11.1 Å². The van der Waals surface area contributed by atoms with Gasteiger partial charge in [-0.3, -0.25) is 19.1 Å². The van der Waals surface area contributed by atoms with Gasteiger partial charge in [0.1, 0.15) is 6.61 Å². The first kappa shape index (κ1) is 28.3. The van der Waals surface area contributed by atoms with E-state index in [-0.39, 0.29) is 24.7 Å². The highest BCUT2D eigenvalue weighted by molar-refractivity contribution is 5.67. The molecule has 5 rings (SSSR count). The molecule has 2 aromatic carbocycles. The van der Waals surface area contributed by atoms with Crippen molar-refractivity contribution >= 4 is 5.97 Å². The van der Waals surface area contributed by atoms with Crippen LogP contribution in [0.25, 0.3) is 0 Å². The topological polar surface area (TPSA) is 109 Å². The van der Waals surface area contributed by atoms with Crippen molar-refractivity contribution in [1.29, 1.82) is 0 Å². The van der Waals surface area contributed by atoms with Crippen molar-refractivity contribution in [3.05, 3.63) is 128 Å². The van der Waals surface area contributed by atoms with Gasteiger partial charge < -0.3 is 18.9 Å². The molecule has 0 bridgehead atoms. The van der Waals surface area contributed by atoms with Crippen LogP contribution in [0.4, 0.5) is 0 Å². The zero-order chi connectivity index (χ0) is 29.0. The number of aromatic nitrogens is 2. The van der Waals surface area contributed by atoms with Crippen LogP contribution in [-0.4, -0.2) is 27.7 Å². The van der Waals surface area contributed by atoms with Crippen LogP contribution < -0.4 is 11.2 Å². The maximum atomic E-state index is 13.1. The Hall–Kier alpha value is -4.21. The molecule has 2 aliphatic rings. The minimum Gasteiger partial charge on any atom is -0.486 e. The van der Waals surface area contributed by atoms with Crippen molar-refractivity contribution in [3.8, 4) is 0 Å². The number of aryl methyl sites for hydroxylation is 1. The molecule has 0 saturated heterocycles. The lowest BCUT2D eigenvalue weighted by Gasteiger charge is -2.44. The molecule has 2 heterocycles. The van der Waals surface area contributed by atoms with Crippen molar-refractivity contribution in [2.45, 2.75) is 58.7 Å². The summed E-state index contributed by atoms with van der Waals surface area (Å²) in [5.41, 5.74) is -0.850. The number of nitrogens with one attached hydrogen (secondary N) is 1. The van der Waals surface area contributed by atoms with Gasteiger partial charge in [-0.15, -0.1) is 0 Å². The highest BCUT2D eigenvalue weighted by Crippen LogP contribution is 2.56. The van der Waals surface area contributed by atoms with Crippen LogP contribution in [0.1, 0.15) is 49.6 Å². The standard InChI is InChI=1S/C32H34N2O7/c1-22-18-34(30(37)33-28(22)36)29-26(40-23(2)35)27(39-20-25-14-8-5-9-15-25)32(41-29,31(3)16-10-11-17-31)21-38-19-24-12-6-4-7-13-24/h4-15,18,29H,16-17,19-21H2,1-3H3,(H,33,36,37). The van der Waals surface area contributed by atoms with Crippen molar-refractivity contribution in [3.63, 3.8) is 0 Å². The van der Waals surface area contributed by atoms with E-state index in [0.29, 0.717) is 25.0 Å². The normalized spacial score (nSPS) is 21.3. The number of carbonyl (C=O) groups excluding carboxylic acids is 1. The lowest BCUT2D eigenvalue weighted by atomic mass is 9.70. The third kappa shape index (κ3) is 5.68. The number of allylic oxidation sites excluding steroid dienone is 2. The SMILES string of the molecule is CC(=O)OC1=C(OCc2ccccc2)C(COCc2ccccc2)(C2(C)CC=CC2)OC1n1cc(C)c(=O)[nH]c1=O. The molecule has 9 nitrogen and oxygen atoms in total. The Morgan fingerprint density at radius 3 is 2.22 bits per heavy atom. The van der Waals surface area contributed by atoms with E-state index in [1.54, 1.807) is 6.92 Å². The van der Waals surface area contributed by atoms with E-state index in [1.807, 2.05) is 60.7 Å². The average Bonchev–Trinajstić information content (AvgIpc) is 3.54. The number of hydrogen-bond donors (Lipinski definition) is 1. The summed E-state index contributed by atoms with van der Waals surface area (Å²) in [7, 11) is 0. The lowest BCUT2D eigenvalue weighted by molar-refractivity contribution is -0.184. The molecule has 2 unspecified atom stereocenters. The summed E-state index contributed by atoms with van der Waals surface area (Å²) in [4.78, 5) is 40.1. The lowest BCUT2D eigenvalue weighted by Crippen LogP contribution is -2.52. The van der Waals surface area contributed by atoms with Gasteiger partial charge in [-0.2, -0.15) is 0 Å². The monoisotopic (exact) mass is 558 g/mol. The van der Waals surface area contributed by atoms with Crippen molar-refractivity contribution in [2.24, 2.45) is 5.41 Å². The summed E-state index contributed by atoms with van der Waals surface area (Å²) in [6.45, 7) is 5.48. The van der Waals surface area contributed by atoms with E-state index in [4.69, 9.17) is 18.9 Å². The molecule has 9 heteroatoms. The van der Waals surface area contributed by atoms with Crippen LogP contribution in [0.3, 0.4) is 0 Å². The summed E-state index contributed by atoms with van der Waals surface area (Å²) >= 11 is 0. The number of H-pyrrole nitrogens is 1. The van der Waals surface area contributed by atoms with Crippen molar-refractivity contribution < 1.29 is 23.7 Å². The number of ether oxygens (including phenoxy) is 4. The van der Waals surface area contributed by atoms with Gasteiger partial charge in [-0.25, -0.2) is 4.79 Å². The molecule has 1 aliphatic carbocycles. The summed E-state index contributed by atoms with van der Waals surface area (Å²) in [6, 6.07) is 19.4. The Kier molecular flexibility index (Phi) is 8.10. The Balaban J connectivity index is 1.65. The molecule has 0 amide bonds. The summed E-state index contributed by atoms with van der Waals surface area (Å²) in [6.07, 6.45) is 5.64. The third-order valence-electron chi connectivity index (χ3n) is 7.70. The number of esters is 1. The van der Waals surface area contributed by atoms with Gasteiger partial charge in [-0.1, -0.05) is 79.7 Å². The minimum atomic E-state index is -1.25. The molecule has 41 heavy (non-hydrogen) atoms. The molecule has 0 radical (unpaired) electrons. The summed E-state index contributed by atoms with van der Waals surface area (Å²) in [5.74, 6) is -0.255. The largest absolute Gasteiger partial charge is 0.486 e. The fraction of sp³-hybridized carbons (Fsp3) is 0.344. The van der Waals surface area contributed by atoms with Crippen molar-refractivity contribution in [1.82, 2.24) is 9.55 Å². The Morgan fingerprint density at radius 1 is 1.00 bits per heavy atom. The first-order valence-corrected chi connectivity index (χ1v) is 13.6. The number of hydrogen-bond acceptors (Lipinski definition) is 7. The van der Waals surface area contributed by atoms with E-state index >= 15 is 0 Å². The van der Waals surface area contributed by atoms with Crippen LogP contribution in [-0.2, 0) is 37.0 Å². The van der Waals surface area contributed by atoms with Gasteiger partial charge in [-0.05, 0) is 30.9 Å². The minimum absolute atomic E-state index is 0.0541. The molecule has 0 spiro atoms. The highest BCUT2D eigenvalue weighted by atomic mass is 16.6. The first-order chi connectivity index (χ1) is 19.7. The van der Waals surface area contributed by atoms with Gasteiger partial charge in [0.05, 0.1) is 13.2 Å². The molecule has 1 N–H and O–H groups in total. The first-order valence-electron chi connectivity index (χ1n) is 13.6.